The highest BCUT2D eigenvalue weighted by Gasteiger charge is 2.40. The average molecular weight is 358 g/mol. The predicted octanol–water partition coefficient (Wildman–Crippen LogP) is 2.40. The van der Waals surface area contributed by atoms with Gasteiger partial charge in [-0.25, -0.2) is 4.98 Å². The second-order valence-electron chi connectivity index (χ2n) is 8.06. The number of carbonyl (C=O) groups is 2. The summed E-state index contributed by atoms with van der Waals surface area (Å²) in [6.45, 7) is 5.29. The molecular weight excluding hydrogens is 328 g/mol. The molecule has 1 aliphatic carbocycles. The third-order valence-corrected chi connectivity index (χ3v) is 6.53. The van der Waals surface area contributed by atoms with Crippen molar-refractivity contribution < 1.29 is 9.59 Å². The van der Waals surface area contributed by atoms with Crippen LogP contribution in [0.4, 0.5) is 0 Å². The van der Waals surface area contributed by atoms with Crippen molar-refractivity contribution in [1.29, 1.82) is 0 Å². The Morgan fingerprint density at radius 3 is 2.62 bits per heavy atom. The number of rotatable bonds is 4. The van der Waals surface area contributed by atoms with Gasteiger partial charge in [-0.1, -0.05) is 12.8 Å². The molecular formula is C20H30N4O2. The van der Waals surface area contributed by atoms with Crippen LogP contribution in [0.3, 0.4) is 0 Å². The fourth-order valence-corrected chi connectivity index (χ4v) is 5.03. The van der Waals surface area contributed by atoms with E-state index in [1.807, 2.05) is 22.2 Å². The number of amides is 2. The van der Waals surface area contributed by atoms with Crippen LogP contribution in [0.5, 0.6) is 0 Å². The smallest absolute Gasteiger partial charge is 0.227 e. The zero-order valence-electron chi connectivity index (χ0n) is 15.8. The van der Waals surface area contributed by atoms with Gasteiger partial charge in [-0.2, -0.15) is 0 Å². The van der Waals surface area contributed by atoms with Gasteiger partial charge in [0.2, 0.25) is 11.8 Å². The Morgan fingerprint density at radius 2 is 1.92 bits per heavy atom. The minimum absolute atomic E-state index is 0.128. The zero-order chi connectivity index (χ0) is 18.1. The van der Waals surface area contributed by atoms with Crippen LogP contribution in [0, 0.1) is 5.92 Å². The molecule has 4 rings (SSSR count). The van der Waals surface area contributed by atoms with Crippen molar-refractivity contribution in [2.45, 2.75) is 70.4 Å². The van der Waals surface area contributed by atoms with E-state index in [2.05, 4.69) is 16.5 Å². The summed E-state index contributed by atoms with van der Waals surface area (Å²) in [6.07, 6.45) is 10.9. The highest BCUT2D eigenvalue weighted by Crippen LogP contribution is 2.32. The minimum atomic E-state index is -0.128. The number of piperidine rings is 1. The lowest BCUT2D eigenvalue weighted by Gasteiger charge is -2.33. The van der Waals surface area contributed by atoms with Crippen LogP contribution in [0.1, 0.15) is 63.6 Å². The fourth-order valence-electron chi connectivity index (χ4n) is 5.03. The van der Waals surface area contributed by atoms with Crippen molar-refractivity contribution in [1.82, 2.24) is 19.4 Å². The molecule has 6 nitrogen and oxygen atoms in total. The molecule has 0 unspecified atom stereocenters. The van der Waals surface area contributed by atoms with Crippen LogP contribution in [0.15, 0.2) is 12.4 Å². The highest BCUT2D eigenvalue weighted by molar-refractivity contribution is 5.89. The summed E-state index contributed by atoms with van der Waals surface area (Å²) in [4.78, 5) is 33.9. The van der Waals surface area contributed by atoms with E-state index in [1.54, 1.807) is 0 Å². The van der Waals surface area contributed by atoms with Gasteiger partial charge in [-0.05, 0) is 32.6 Å². The molecule has 3 heterocycles. The summed E-state index contributed by atoms with van der Waals surface area (Å²) in [5.74, 6) is 1.85. The van der Waals surface area contributed by atoms with E-state index in [9.17, 15) is 9.59 Å². The molecule has 1 saturated carbocycles. The van der Waals surface area contributed by atoms with E-state index in [-0.39, 0.29) is 17.7 Å². The van der Waals surface area contributed by atoms with Crippen LogP contribution in [0.2, 0.25) is 0 Å². The molecule has 0 radical (unpaired) electrons. The van der Waals surface area contributed by atoms with Crippen LogP contribution in [-0.4, -0.2) is 56.8 Å². The lowest BCUT2D eigenvalue weighted by Crippen LogP contribution is -2.43. The average Bonchev–Trinajstić information content (AvgIpc) is 3.41. The normalized spacial score (nSPS) is 25.4. The first-order valence-electron chi connectivity index (χ1n) is 10.3. The van der Waals surface area contributed by atoms with Gasteiger partial charge in [0.05, 0.1) is 5.92 Å². The lowest BCUT2D eigenvalue weighted by molar-refractivity contribution is -0.136. The Labute approximate surface area is 155 Å². The number of hydrogen-bond donors (Lipinski definition) is 0. The van der Waals surface area contributed by atoms with Gasteiger partial charge >= 0.3 is 0 Å². The maximum Gasteiger partial charge on any atom is 0.227 e. The van der Waals surface area contributed by atoms with Gasteiger partial charge in [0.25, 0.3) is 0 Å². The minimum Gasteiger partial charge on any atom is -0.342 e. The summed E-state index contributed by atoms with van der Waals surface area (Å²) in [7, 11) is 0. The molecule has 0 bridgehead atoms. The Bertz CT molecular complexity index is 657. The third kappa shape index (κ3) is 3.26. The summed E-state index contributed by atoms with van der Waals surface area (Å²) < 4.78 is 2.21. The molecule has 2 amide bonds. The molecule has 1 aromatic rings. The van der Waals surface area contributed by atoms with E-state index in [0.29, 0.717) is 24.9 Å². The summed E-state index contributed by atoms with van der Waals surface area (Å²) >= 11 is 0. The largest absolute Gasteiger partial charge is 0.342 e. The number of aryl methyl sites for hydroxylation is 1. The Hall–Kier alpha value is -1.85. The summed E-state index contributed by atoms with van der Waals surface area (Å²) in [5.41, 5.74) is 0. The molecule has 1 atom stereocenters. The molecule has 0 spiro atoms. The first-order chi connectivity index (χ1) is 12.7. The number of imidazole rings is 1. The van der Waals surface area contributed by atoms with Gasteiger partial charge in [0, 0.05) is 57.0 Å². The van der Waals surface area contributed by atoms with Gasteiger partial charge in [0.1, 0.15) is 5.82 Å². The number of hydrogen-bond acceptors (Lipinski definition) is 3. The Balaban J connectivity index is 1.33. The molecule has 6 heteroatoms. The van der Waals surface area contributed by atoms with E-state index < -0.39 is 0 Å². The molecule has 3 fully saturated rings. The van der Waals surface area contributed by atoms with E-state index >= 15 is 0 Å². The van der Waals surface area contributed by atoms with Crippen molar-refractivity contribution in [3.63, 3.8) is 0 Å². The lowest BCUT2D eigenvalue weighted by atomic mass is 9.94. The molecule has 26 heavy (non-hydrogen) atoms. The number of likely N-dealkylation sites (tertiary alicyclic amines) is 2. The van der Waals surface area contributed by atoms with Crippen molar-refractivity contribution >= 4 is 11.8 Å². The van der Waals surface area contributed by atoms with Gasteiger partial charge in [-0.15, -0.1) is 0 Å². The molecule has 2 aliphatic heterocycles. The van der Waals surface area contributed by atoms with Crippen molar-refractivity contribution in [3.8, 4) is 0 Å². The molecule has 2 saturated heterocycles. The van der Waals surface area contributed by atoms with E-state index in [0.717, 1.165) is 51.1 Å². The molecule has 3 aliphatic rings. The summed E-state index contributed by atoms with van der Waals surface area (Å²) in [6, 6.07) is 0.388. The van der Waals surface area contributed by atoms with Crippen LogP contribution in [0.25, 0.3) is 0 Å². The number of aromatic nitrogens is 2. The SMILES string of the molecule is CCn1ccnc1C1CCN(C(=O)[C@@H]2CC(=O)N(C3CCCC3)C2)CC1. The second kappa shape index (κ2) is 7.41. The molecule has 1 aromatic heterocycles. The molecule has 0 N–H and O–H groups in total. The van der Waals surface area contributed by atoms with Gasteiger partial charge in [0.15, 0.2) is 0 Å². The van der Waals surface area contributed by atoms with Gasteiger partial charge in [-0.3, -0.25) is 9.59 Å². The fraction of sp³-hybridized carbons (Fsp3) is 0.750. The standard InChI is InChI=1S/C20H30N4O2/c1-2-22-12-9-21-19(22)15-7-10-23(11-8-15)20(26)16-13-18(25)24(14-16)17-5-3-4-6-17/h9,12,15-17H,2-8,10-11,13-14H2,1H3/t16-/m1/s1. The zero-order valence-corrected chi connectivity index (χ0v) is 15.8. The predicted molar refractivity (Wildman–Crippen MR) is 98.5 cm³/mol. The first-order valence-corrected chi connectivity index (χ1v) is 10.3. The van der Waals surface area contributed by atoms with Crippen LogP contribution in [-0.2, 0) is 16.1 Å². The number of carbonyl (C=O) groups excluding carboxylic acids is 2. The van der Waals surface area contributed by atoms with Crippen LogP contribution >= 0.6 is 0 Å². The molecule has 0 aromatic carbocycles. The van der Waals surface area contributed by atoms with Gasteiger partial charge < -0.3 is 14.4 Å². The number of nitrogens with zero attached hydrogens (tertiary/aromatic N) is 4. The summed E-state index contributed by atoms with van der Waals surface area (Å²) in [5, 5.41) is 0. The van der Waals surface area contributed by atoms with Crippen molar-refractivity contribution in [3.05, 3.63) is 18.2 Å². The van der Waals surface area contributed by atoms with Crippen molar-refractivity contribution in [2.24, 2.45) is 5.92 Å². The highest BCUT2D eigenvalue weighted by atomic mass is 16.2. The monoisotopic (exact) mass is 358 g/mol. The quantitative estimate of drug-likeness (QED) is 0.830. The Morgan fingerprint density at radius 1 is 1.19 bits per heavy atom. The van der Waals surface area contributed by atoms with Crippen molar-refractivity contribution in [2.75, 3.05) is 19.6 Å². The first kappa shape index (κ1) is 17.6. The maximum atomic E-state index is 12.9. The Kier molecular flexibility index (Phi) is 5.00. The topological polar surface area (TPSA) is 58.4 Å². The second-order valence-corrected chi connectivity index (χ2v) is 8.06. The maximum absolute atomic E-state index is 12.9. The van der Waals surface area contributed by atoms with Crippen LogP contribution < -0.4 is 0 Å². The third-order valence-electron chi connectivity index (χ3n) is 6.53. The van der Waals surface area contributed by atoms with E-state index in [1.165, 1.54) is 12.8 Å². The molecule has 142 valence electrons. The van der Waals surface area contributed by atoms with E-state index in [4.69, 9.17) is 0 Å².